The molecule has 23 heavy (non-hydrogen) atoms. The van der Waals surface area contributed by atoms with Crippen LogP contribution in [0.4, 0.5) is 5.82 Å². The van der Waals surface area contributed by atoms with Crippen molar-refractivity contribution in [2.45, 2.75) is 13.8 Å². The predicted octanol–water partition coefficient (Wildman–Crippen LogP) is 4.21. The molecule has 0 saturated heterocycles. The van der Waals surface area contributed by atoms with Crippen molar-refractivity contribution in [1.82, 2.24) is 14.6 Å². The van der Waals surface area contributed by atoms with E-state index in [0.717, 1.165) is 27.2 Å². The minimum Gasteiger partial charge on any atom is -0.369 e. The first-order valence-electron chi connectivity index (χ1n) is 7.44. The van der Waals surface area contributed by atoms with Gasteiger partial charge in [-0.25, -0.2) is 4.98 Å². The molecule has 0 bridgehead atoms. The molecule has 0 radical (unpaired) electrons. The Bertz CT molecular complexity index is 787. The van der Waals surface area contributed by atoms with Crippen molar-refractivity contribution < 1.29 is 0 Å². The largest absolute Gasteiger partial charge is 0.369 e. The first-order valence-corrected chi connectivity index (χ1v) is 8.61. The molecule has 5 nitrogen and oxygen atoms in total. The molecule has 0 spiro atoms. The summed E-state index contributed by atoms with van der Waals surface area (Å²) in [5.41, 5.74) is 7.96. The number of nitrogens with two attached hydrogens (primary N) is 1. The van der Waals surface area contributed by atoms with E-state index in [4.69, 9.17) is 17.3 Å². The lowest BCUT2D eigenvalue weighted by Crippen LogP contribution is -2.15. The number of aromatic nitrogens is 3. The van der Waals surface area contributed by atoms with Gasteiger partial charge >= 0.3 is 0 Å². The van der Waals surface area contributed by atoms with E-state index in [1.807, 2.05) is 44.2 Å². The molecule has 1 aromatic carbocycles. The molecule has 7 heteroatoms. The van der Waals surface area contributed by atoms with Gasteiger partial charge in [0.2, 0.25) is 0 Å². The van der Waals surface area contributed by atoms with E-state index in [1.165, 1.54) is 0 Å². The molecular formula is C16H19BrClN5. The maximum atomic E-state index is 6.27. The first-order chi connectivity index (χ1) is 11.2. The van der Waals surface area contributed by atoms with Gasteiger partial charge in [-0.1, -0.05) is 43.6 Å². The van der Waals surface area contributed by atoms with Crippen molar-refractivity contribution in [1.29, 1.82) is 0 Å². The zero-order chi connectivity index (χ0) is 16.8. The van der Waals surface area contributed by atoms with Crippen LogP contribution in [0.2, 0.25) is 5.02 Å². The maximum Gasteiger partial charge on any atom is 0.172 e. The minimum atomic E-state index is 0.535. The van der Waals surface area contributed by atoms with Gasteiger partial charge in [-0.2, -0.15) is 9.61 Å². The van der Waals surface area contributed by atoms with Gasteiger partial charge in [0.05, 0.1) is 16.4 Å². The Hall–Kier alpha value is -1.63. The third kappa shape index (κ3) is 3.83. The summed E-state index contributed by atoms with van der Waals surface area (Å²) in [6.07, 6.45) is 1.71. The zero-order valence-electron chi connectivity index (χ0n) is 13.1. The Morgan fingerprint density at radius 3 is 2.74 bits per heavy atom. The van der Waals surface area contributed by atoms with Crippen LogP contribution in [0.1, 0.15) is 13.8 Å². The Labute approximate surface area is 149 Å². The second-order valence-electron chi connectivity index (χ2n) is 4.45. The number of nitrogens with zero attached hydrogens (tertiary/aromatic N) is 3. The zero-order valence-corrected chi connectivity index (χ0v) is 15.4. The van der Waals surface area contributed by atoms with Crippen LogP contribution in [0.15, 0.2) is 41.0 Å². The second-order valence-corrected chi connectivity index (χ2v) is 5.71. The summed E-state index contributed by atoms with van der Waals surface area (Å²) in [6, 6.07) is 9.54. The Kier molecular flexibility index (Phi) is 6.38. The number of rotatable bonds is 4. The molecule has 0 fully saturated rings. The molecular weight excluding hydrogens is 378 g/mol. The molecule has 0 aliphatic carbocycles. The highest BCUT2D eigenvalue weighted by Gasteiger charge is 2.12. The van der Waals surface area contributed by atoms with Crippen LogP contribution in [0, 0.1) is 0 Å². The highest BCUT2D eigenvalue weighted by Crippen LogP contribution is 2.30. The van der Waals surface area contributed by atoms with E-state index < -0.39 is 0 Å². The number of nitrogens with one attached hydrogen (secondary N) is 1. The fraction of sp³-hybridized carbons (Fsp3) is 0.250. The molecule has 3 N–H and O–H groups in total. The van der Waals surface area contributed by atoms with Crippen LogP contribution >= 0.6 is 27.5 Å². The van der Waals surface area contributed by atoms with Gasteiger partial charge in [0.1, 0.15) is 5.82 Å². The molecule has 0 atom stereocenters. The third-order valence-corrected chi connectivity index (χ3v) is 3.92. The second kappa shape index (κ2) is 8.29. The van der Waals surface area contributed by atoms with E-state index in [-0.39, 0.29) is 0 Å². The van der Waals surface area contributed by atoms with E-state index in [1.54, 1.807) is 10.7 Å². The van der Waals surface area contributed by atoms with Gasteiger partial charge < -0.3 is 11.1 Å². The van der Waals surface area contributed by atoms with Crippen molar-refractivity contribution in [3.05, 3.63) is 46.0 Å². The Balaban J connectivity index is 0.000000924. The lowest BCUT2D eigenvalue weighted by molar-refractivity contribution is 0.917. The highest BCUT2D eigenvalue weighted by atomic mass is 79.9. The summed E-state index contributed by atoms with van der Waals surface area (Å²) >= 11 is 9.73. The highest BCUT2D eigenvalue weighted by molar-refractivity contribution is 9.10. The molecule has 0 amide bonds. The summed E-state index contributed by atoms with van der Waals surface area (Å²) in [4.78, 5) is 4.63. The van der Waals surface area contributed by atoms with E-state index >= 15 is 0 Å². The van der Waals surface area contributed by atoms with Crippen LogP contribution in [-0.4, -0.2) is 27.7 Å². The molecule has 3 aromatic rings. The van der Waals surface area contributed by atoms with Crippen molar-refractivity contribution in [3.8, 4) is 11.3 Å². The van der Waals surface area contributed by atoms with Crippen molar-refractivity contribution in [2.24, 2.45) is 5.73 Å². The number of fused-ring (bicyclic) bond motifs is 1. The van der Waals surface area contributed by atoms with Crippen LogP contribution in [0.5, 0.6) is 0 Å². The van der Waals surface area contributed by atoms with Crippen LogP contribution in [-0.2, 0) is 0 Å². The normalized spacial score (nSPS) is 10.3. The quantitative estimate of drug-likeness (QED) is 0.693. The predicted molar refractivity (Wildman–Crippen MR) is 100 cm³/mol. The van der Waals surface area contributed by atoms with E-state index in [9.17, 15) is 0 Å². The summed E-state index contributed by atoms with van der Waals surface area (Å²) in [5.74, 6) is 0.825. The molecule has 0 saturated carbocycles. The molecule has 0 unspecified atom stereocenters. The van der Waals surface area contributed by atoms with Gasteiger partial charge in [0.25, 0.3) is 0 Å². The summed E-state index contributed by atoms with van der Waals surface area (Å²) in [5, 5.41) is 8.21. The average molecular weight is 397 g/mol. The Morgan fingerprint density at radius 2 is 2.04 bits per heavy atom. The topological polar surface area (TPSA) is 68.2 Å². The number of benzene rings is 1. The molecule has 2 aromatic heterocycles. The van der Waals surface area contributed by atoms with Crippen LogP contribution in [0.25, 0.3) is 16.9 Å². The third-order valence-electron chi connectivity index (χ3n) is 3.03. The minimum absolute atomic E-state index is 0.535. The number of hydrogen-bond acceptors (Lipinski definition) is 4. The monoisotopic (exact) mass is 395 g/mol. The fourth-order valence-corrected chi connectivity index (χ4v) is 2.65. The summed E-state index contributed by atoms with van der Waals surface area (Å²) < 4.78 is 2.56. The standard InChI is InChI=1S/C14H13BrClN5.C2H6/c15-10-8-19-21-13(18-6-5-17)7-12(20-14(10)21)9-3-1-2-4-11(9)16;1-2/h1-4,7-8,18H,5-6,17H2;1-2H3. The molecule has 0 aliphatic rings. The summed E-state index contributed by atoms with van der Waals surface area (Å²) in [6.45, 7) is 5.19. The maximum absolute atomic E-state index is 6.27. The lowest BCUT2D eigenvalue weighted by Gasteiger charge is -2.10. The smallest absolute Gasteiger partial charge is 0.172 e. The van der Waals surface area contributed by atoms with Gasteiger partial charge in [0, 0.05) is 29.7 Å². The van der Waals surface area contributed by atoms with E-state index in [2.05, 4.69) is 31.3 Å². The molecule has 3 rings (SSSR count). The van der Waals surface area contributed by atoms with Crippen LogP contribution < -0.4 is 11.1 Å². The fourth-order valence-electron chi connectivity index (χ4n) is 2.07. The molecule has 122 valence electrons. The van der Waals surface area contributed by atoms with Crippen molar-refractivity contribution >= 4 is 39.0 Å². The van der Waals surface area contributed by atoms with Gasteiger partial charge in [-0.3, -0.25) is 0 Å². The van der Waals surface area contributed by atoms with Gasteiger partial charge in [-0.15, -0.1) is 0 Å². The molecule has 2 heterocycles. The molecule has 0 aliphatic heterocycles. The Morgan fingerprint density at radius 1 is 1.30 bits per heavy atom. The van der Waals surface area contributed by atoms with Crippen molar-refractivity contribution in [2.75, 3.05) is 18.4 Å². The van der Waals surface area contributed by atoms with Crippen LogP contribution in [0.3, 0.4) is 0 Å². The van der Waals surface area contributed by atoms with Gasteiger partial charge in [0.15, 0.2) is 5.65 Å². The number of anilines is 1. The van der Waals surface area contributed by atoms with E-state index in [0.29, 0.717) is 18.1 Å². The SMILES string of the molecule is CC.NCCNc1cc(-c2ccccc2Cl)nc2c(Br)cnn12. The average Bonchev–Trinajstić information content (AvgIpc) is 2.96. The lowest BCUT2D eigenvalue weighted by atomic mass is 10.1. The number of hydrogen-bond donors (Lipinski definition) is 2. The number of halogens is 2. The van der Waals surface area contributed by atoms with Gasteiger partial charge in [-0.05, 0) is 22.0 Å². The van der Waals surface area contributed by atoms with Crippen molar-refractivity contribution in [3.63, 3.8) is 0 Å². The summed E-state index contributed by atoms with van der Waals surface area (Å²) in [7, 11) is 0. The first kappa shape index (κ1) is 17.7.